The van der Waals surface area contributed by atoms with E-state index in [4.69, 9.17) is 4.74 Å². The van der Waals surface area contributed by atoms with Gasteiger partial charge >= 0.3 is 12.2 Å². The number of carbonyl (C=O) groups excluding carboxylic acids is 2. The number of hydrogen-bond acceptors (Lipinski definition) is 4. The number of urea groups is 1. The van der Waals surface area contributed by atoms with E-state index in [1.807, 2.05) is 0 Å². The van der Waals surface area contributed by atoms with Crippen molar-refractivity contribution in [2.45, 2.75) is 6.18 Å². The van der Waals surface area contributed by atoms with Gasteiger partial charge in [0.1, 0.15) is 5.75 Å². The van der Waals surface area contributed by atoms with Crippen molar-refractivity contribution in [2.24, 2.45) is 0 Å². The van der Waals surface area contributed by atoms with Crippen LogP contribution in [0.4, 0.5) is 29.3 Å². The first-order chi connectivity index (χ1) is 12.3. The molecule has 0 unspecified atom stereocenters. The summed E-state index contributed by atoms with van der Waals surface area (Å²) < 4.78 is 41.5. The predicted molar refractivity (Wildman–Crippen MR) is 90.1 cm³/mol. The minimum Gasteiger partial charge on any atom is -0.482 e. The Morgan fingerprint density at radius 3 is 2.31 bits per heavy atom. The minimum atomic E-state index is -4.47. The molecular weight excluding hydrogens is 351 g/mol. The van der Waals surface area contributed by atoms with Crippen LogP contribution in [0.5, 0.6) is 5.75 Å². The van der Waals surface area contributed by atoms with Crippen molar-refractivity contribution in [1.82, 2.24) is 5.32 Å². The number of carbonyl (C=O) groups is 2. The number of halogens is 3. The average Bonchev–Trinajstić information content (AvgIpc) is 2.59. The lowest BCUT2D eigenvalue weighted by Crippen LogP contribution is -2.38. The van der Waals surface area contributed by atoms with Crippen molar-refractivity contribution in [2.75, 3.05) is 23.8 Å². The van der Waals surface area contributed by atoms with Gasteiger partial charge in [0.05, 0.1) is 12.2 Å². The molecule has 0 atom stereocenters. The van der Waals surface area contributed by atoms with Gasteiger partial charge in [-0.2, -0.15) is 13.2 Å². The van der Waals surface area contributed by atoms with Crippen molar-refractivity contribution in [3.8, 4) is 5.75 Å². The Morgan fingerprint density at radius 2 is 1.62 bits per heavy atom. The Bertz CT molecular complexity index is 752. The van der Waals surface area contributed by atoms with Gasteiger partial charge in [-0.1, -0.05) is 30.3 Å². The molecular formula is C17H16F3N3O3. The summed E-state index contributed by atoms with van der Waals surface area (Å²) in [5.74, 6) is -0.713. The number of rotatable bonds is 6. The normalized spacial score (nSPS) is 10.7. The lowest BCUT2D eigenvalue weighted by Gasteiger charge is -2.14. The molecule has 0 saturated carbocycles. The molecule has 2 rings (SSSR count). The van der Waals surface area contributed by atoms with Crippen molar-refractivity contribution in [1.29, 1.82) is 0 Å². The van der Waals surface area contributed by atoms with E-state index >= 15 is 0 Å². The summed E-state index contributed by atoms with van der Waals surface area (Å²) in [6.07, 6.45) is -4.47. The van der Waals surface area contributed by atoms with E-state index < -0.39 is 24.7 Å². The number of ether oxygens (including phenoxy) is 1. The van der Waals surface area contributed by atoms with E-state index in [1.165, 1.54) is 18.2 Å². The number of imide groups is 1. The number of hydrogen-bond donors (Lipinski definition) is 3. The molecule has 0 spiro atoms. The van der Waals surface area contributed by atoms with Crippen LogP contribution >= 0.6 is 0 Å². The van der Waals surface area contributed by atoms with Crippen LogP contribution in [0.3, 0.4) is 0 Å². The summed E-state index contributed by atoms with van der Waals surface area (Å²) in [4.78, 5) is 23.5. The molecule has 0 heterocycles. The van der Waals surface area contributed by atoms with Crippen LogP contribution in [-0.4, -0.2) is 31.3 Å². The summed E-state index contributed by atoms with van der Waals surface area (Å²) in [5, 5.41) is 7.21. The van der Waals surface area contributed by atoms with Gasteiger partial charge in [0.2, 0.25) is 5.91 Å². The van der Waals surface area contributed by atoms with E-state index in [2.05, 4.69) is 16.0 Å². The van der Waals surface area contributed by atoms with Crippen LogP contribution in [0.2, 0.25) is 0 Å². The monoisotopic (exact) mass is 367 g/mol. The molecule has 0 aliphatic rings. The Hall–Kier alpha value is -3.23. The third kappa shape index (κ3) is 6.71. The van der Waals surface area contributed by atoms with Crippen LogP contribution < -0.4 is 20.7 Å². The van der Waals surface area contributed by atoms with Gasteiger partial charge in [0.15, 0.2) is 6.61 Å². The Balaban J connectivity index is 1.84. The molecule has 0 aliphatic carbocycles. The molecule has 26 heavy (non-hydrogen) atoms. The number of benzene rings is 2. The fourth-order valence-electron chi connectivity index (χ4n) is 1.93. The van der Waals surface area contributed by atoms with Crippen LogP contribution in [0.25, 0.3) is 0 Å². The Labute approximate surface area is 147 Å². The standard InChI is InChI=1S/C17H16F3N3O3/c18-17(19,20)11-26-14-9-5-4-8-13(14)21-10-15(24)23-16(25)22-12-6-2-1-3-7-12/h1-9,21H,10-11H2,(H2,22,23,24,25). The van der Waals surface area contributed by atoms with E-state index in [0.717, 1.165) is 0 Å². The molecule has 138 valence electrons. The van der Waals surface area contributed by atoms with Gasteiger partial charge in [-0.25, -0.2) is 4.79 Å². The van der Waals surface area contributed by atoms with Crippen molar-refractivity contribution in [3.63, 3.8) is 0 Å². The van der Waals surface area contributed by atoms with Gasteiger partial charge in [0, 0.05) is 5.69 Å². The SMILES string of the molecule is O=C(CNc1ccccc1OCC(F)(F)F)NC(=O)Nc1ccccc1. The highest BCUT2D eigenvalue weighted by molar-refractivity contribution is 6.02. The zero-order chi connectivity index (χ0) is 19.0. The second-order valence-electron chi connectivity index (χ2n) is 5.12. The molecule has 0 fully saturated rings. The van der Waals surface area contributed by atoms with Crippen molar-refractivity contribution >= 4 is 23.3 Å². The number of amides is 3. The van der Waals surface area contributed by atoms with E-state index in [-0.39, 0.29) is 18.0 Å². The van der Waals surface area contributed by atoms with Crippen LogP contribution in [0, 0.1) is 0 Å². The molecule has 0 saturated heterocycles. The summed E-state index contributed by atoms with van der Waals surface area (Å²) in [7, 11) is 0. The minimum absolute atomic E-state index is 0.0497. The van der Waals surface area contributed by atoms with Crippen LogP contribution in [0.1, 0.15) is 0 Å². The summed E-state index contributed by atoms with van der Waals surface area (Å²) in [6, 6.07) is 13.7. The summed E-state index contributed by atoms with van der Waals surface area (Å²) >= 11 is 0. The molecule has 0 aliphatic heterocycles. The third-order valence-corrected chi connectivity index (χ3v) is 3.00. The number of nitrogens with one attached hydrogen (secondary N) is 3. The van der Waals surface area contributed by atoms with Gasteiger partial charge in [0.25, 0.3) is 0 Å². The third-order valence-electron chi connectivity index (χ3n) is 3.00. The lowest BCUT2D eigenvalue weighted by molar-refractivity contribution is -0.153. The Morgan fingerprint density at radius 1 is 0.962 bits per heavy atom. The number of alkyl halides is 3. The molecule has 6 nitrogen and oxygen atoms in total. The maximum absolute atomic E-state index is 12.3. The van der Waals surface area contributed by atoms with E-state index in [0.29, 0.717) is 5.69 Å². The van der Waals surface area contributed by atoms with Crippen molar-refractivity contribution < 1.29 is 27.5 Å². The Kier molecular flexibility index (Phi) is 6.42. The number of para-hydroxylation sites is 3. The smallest absolute Gasteiger partial charge is 0.422 e. The summed E-state index contributed by atoms with van der Waals surface area (Å²) in [6.45, 7) is -1.77. The molecule has 0 bridgehead atoms. The van der Waals surface area contributed by atoms with E-state index in [1.54, 1.807) is 36.4 Å². The molecule has 3 N–H and O–H groups in total. The van der Waals surface area contributed by atoms with Gasteiger partial charge in [-0.15, -0.1) is 0 Å². The highest BCUT2D eigenvalue weighted by atomic mass is 19.4. The quantitative estimate of drug-likeness (QED) is 0.731. The number of anilines is 2. The van der Waals surface area contributed by atoms with Gasteiger partial charge < -0.3 is 15.4 Å². The molecule has 0 aromatic heterocycles. The second-order valence-corrected chi connectivity index (χ2v) is 5.12. The summed E-state index contributed by atoms with van der Waals surface area (Å²) in [5.41, 5.74) is 0.715. The fraction of sp³-hybridized carbons (Fsp3) is 0.176. The van der Waals surface area contributed by atoms with Crippen molar-refractivity contribution in [3.05, 3.63) is 54.6 Å². The molecule has 2 aromatic carbocycles. The first-order valence-corrected chi connectivity index (χ1v) is 7.52. The lowest BCUT2D eigenvalue weighted by atomic mass is 10.3. The second kappa shape index (κ2) is 8.75. The maximum atomic E-state index is 12.3. The highest BCUT2D eigenvalue weighted by Crippen LogP contribution is 2.26. The van der Waals surface area contributed by atoms with Gasteiger partial charge in [-0.05, 0) is 24.3 Å². The van der Waals surface area contributed by atoms with Crippen LogP contribution in [0.15, 0.2) is 54.6 Å². The average molecular weight is 367 g/mol. The van der Waals surface area contributed by atoms with E-state index in [9.17, 15) is 22.8 Å². The first-order valence-electron chi connectivity index (χ1n) is 7.52. The fourth-order valence-corrected chi connectivity index (χ4v) is 1.93. The molecule has 3 amide bonds. The zero-order valence-electron chi connectivity index (χ0n) is 13.5. The zero-order valence-corrected chi connectivity index (χ0v) is 13.5. The first kappa shape index (κ1) is 19.1. The maximum Gasteiger partial charge on any atom is 0.422 e. The predicted octanol–water partition coefficient (Wildman–Crippen LogP) is 3.39. The molecule has 9 heteroatoms. The van der Waals surface area contributed by atoms with Crippen LogP contribution in [-0.2, 0) is 4.79 Å². The largest absolute Gasteiger partial charge is 0.482 e. The topological polar surface area (TPSA) is 79.5 Å². The molecule has 0 radical (unpaired) electrons. The molecule has 2 aromatic rings. The van der Waals surface area contributed by atoms with Gasteiger partial charge in [-0.3, -0.25) is 10.1 Å². The highest BCUT2D eigenvalue weighted by Gasteiger charge is 2.28.